The molecule has 1 heterocycles. The fourth-order valence-electron chi connectivity index (χ4n) is 1.30. The highest BCUT2D eigenvalue weighted by Gasteiger charge is 2.10. The van der Waals surface area contributed by atoms with Crippen molar-refractivity contribution in [3.05, 3.63) is 35.8 Å². The summed E-state index contributed by atoms with van der Waals surface area (Å²) in [6, 6.07) is 7.18. The van der Waals surface area contributed by atoms with E-state index in [4.69, 9.17) is 10.8 Å². The van der Waals surface area contributed by atoms with E-state index >= 15 is 0 Å². The molecule has 3 N–H and O–H groups in total. The lowest BCUT2D eigenvalue weighted by atomic mass is 10.3. The van der Waals surface area contributed by atoms with E-state index < -0.39 is 0 Å². The number of hydrogen-bond donors (Lipinski definition) is 2. The maximum atomic E-state index is 8.88. The fraction of sp³-hybridized carbons (Fsp3) is 0.182. The van der Waals surface area contributed by atoms with Gasteiger partial charge >= 0.3 is 5.13 Å². The number of nitrogens with zero attached hydrogens (tertiary/aromatic N) is 3. The zero-order valence-corrected chi connectivity index (χ0v) is 9.97. The fourth-order valence-corrected chi connectivity index (χ4v) is 2.00. The quantitative estimate of drug-likeness (QED) is 0.494. The number of thiazole rings is 1. The third kappa shape index (κ3) is 3.08. The largest absolute Gasteiger partial charge is 0.408 e. The summed E-state index contributed by atoms with van der Waals surface area (Å²) in [5.74, 6) is 0. The highest BCUT2D eigenvalue weighted by Crippen LogP contribution is 2.19. The van der Waals surface area contributed by atoms with Crippen molar-refractivity contribution >= 4 is 27.8 Å². The Labute approximate surface area is 103 Å². The lowest BCUT2D eigenvalue weighted by Crippen LogP contribution is -2.32. The van der Waals surface area contributed by atoms with Crippen LogP contribution in [0.1, 0.15) is 0 Å². The van der Waals surface area contributed by atoms with Crippen LogP contribution in [0.5, 0.6) is 0 Å². The normalized spacial score (nSPS) is 11.1. The molecule has 0 radical (unpaired) electrons. The van der Waals surface area contributed by atoms with Crippen molar-refractivity contribution < 1.29 is 9.67 Å². The maximum Gasteiger partial charge on any atom is 0.408 e. The average Bonchev–Trinajstić information content (AvgIpc) is 2.77. The van der Waals surface area contributed by atoms with E-state index in [0.29, 0.717) is 12.2 Å². The molecule has 17 heavy (non-hydrogen) atoms. The molecule has 0 spiro atoms. The van der Waals surface area contributed by atoms with Crippen LogP contribution < -0.4 is 10.3 Å². The first-order valence-corrected chi connectivity index (χ1v) is 6.02. The molecule has 88 valence electrons. The van der Waals surface area contributed by atoms with Gasteiger partial charge in [0.25, 0.3) is 0 Å². The van der Waals surface area contributed by atoms with Gasteiger partial charge in [0.1, 0.15) is 18.4 Å². The highest BCUT2D eigenvalue weighted by molar-refractivity contribution is 7.12. The lowest BCUT2D eigenvalue weighted by molar-refractivity contribution is -0.681. The minimum Gasteiger partial charge on any atom is -0.399 e. The lowest BCUT2D eigenvalue weighted by Gasteiger charge is -1.91. The molecule has 0 saturated heterocycles. The van der Waals surface area contributed by atoms with E-state index in [-0.39, 0.29) is 6.61 Å². The Balaban J connectivity index is 2.14. The Hall–Kier alpha value is -1.79. The molecule has 0 aliphatic heterocycles. The molecule has 0 aliphatic carbocycles. The number of nitrogen functional groups attached to an aromatic ring is 1. The SMILES string of the molecule is Nc1ccc(N=Nc2scc[n+]2CCO)cc1. The summed E-state index contributed by atoms with van der Waals surface area (Å²) in [5, 5.41) is 19.8. The number of rotatable bonds is 4. The van der Waals surface area contributed by atoms with Gasteiger partial charge in [0.05, 0.1) is 11.7 Å². The number of nitrogens with two attached hydrogens (primary N) is 1. The second-order valence-electron chi connectivity index (χ2n) is 3.39. The molecular formula is C11H13N4OS+. The number of anilines is 1. The van der Waals surface area contributed by atoms with Gasteiger partial charge in [-0.15, -0.1) is 0 Å². The highest BCUT2D eigenvalue weighted by atomic mass is 32.1. The van der Waals surface area contributed by atoms with Crippen molar-refractivity contribution in [1.82, 2.24) is 0 Å². The number of aliphatic hydroxyl groups excluding tert-OH is 1. The van der Waals surface area contributed by atoms with Crippen molar-refractivity contribution in [2.75, 3.05) is 12.3 Å². The summed E-state index contributed by atoms with van der Waals surface area (Å²) in [4.78, 5) is 0. The molecule has 0 saturated carbocycles. The zero-order chi connectivity index (χ0) is 12.1. The molecule has 2 aromatic rings. The molecule has 0 fully saturated rings. The Morgan fingerprint density at radius 2 is 2.00 bits per heavy atom. The van der Waals surface area contributed by atoms with Crippen LogP contribution in [-0.2, 0) is 6.54 Å². The van der Waals surface area contributed by atoms with Crippen LogP contribution in [0.3, 0.4) is 0 Å². The minimum absolute atomic E-state index is 0.0891. The Kier molecular flexibility index (Phi) is 3.79. The molecule has 6 heteroatoms. The first kappa shape index (κ1) is 11.7. The smallest absolute Gasteiger partial charge is 0.399 e. The predicted molar refractivity (Wildman–Crippen MR) is 66.6 cm³/mol. The second-order valence-corrected chi connectivity index (χ2v) is 4.27. The molecular weight excluding hydrogens is 236 g/mol. The van der Waals surface area contributed by atoms with Gasteiger partial charge in [0.15, 0.2) is 0 Å². The van der Waals surface area contributed by atoms with Crippen LogP contribution in [0, 0.1) is 0 Å². The van der Waals surface area contributed by atoms with Gasteiger partial charge in [-0.1, -0.05) is 0 Å². The molecule has 0 unspecified atom stereocenters. The molecule has 1 aromatic heterocycles. The summed E-state index contributed by atoms with van der Waals surface area (Å²) in [6.07, 6.45) is 1.87. The maximum absolute atomic E-state index is 8.88. The molecule has 0 bridgehead atoms. The summed E-state index contributed by atoms with van der Waals surface area (Å²) in [5.41, 5.74) is 7.04. The van der Waals surface area contributed by atoms with E-state index in [0.717, 1.165) is 10.8 Å². The topological polar surface area (TPSA) is 74.8 Å². The predicted octanol–water partition coefficient (Wildman–Crippen LogP) is 2.03. The third-order valence-corrected chi connectivity index (χ3v) is 2.93. The van der Waals surface area contributed by atoms with Gasteiger partial charge in [-0.3, -0.25) is 0 Å². The molecule has 0 atom stereocenters. The van der Waals surface area contributed by atoms with E-state index in [2.05, 4.69) is 10.2 Å². The number of aliphatic hydroxyl groups is 1. The number of aromatic nitrogens is 1. The van der Waals surface area contributed by atoms with Gasteiger partial charge < -0.3 is 10.8 Å². The minimum atomic E-state index is 0.0891. The molecule has 0 amide bonds. The van der Waals surface area contributed by atoms with E-state index in [1.807, 2.05) is 28.3 Å². The van der Waals surface area contributed by atoms with E-state index in [1.165, 1.54) is 11.3 Å². The molecule has 5 nitrogen and oxygen atoms in total. The van der Waals surface area contributed by atoms with Crippen LogP contribution in [-0.4, -0.2) is 11.7 Å². The molecule has 0 aliphatic rings. The van der Waals surface area contributed by atoms with Crippen LogP contribution >= 0.6 is 11.3 Å². The van der Waals surface area contributed by atoms with Gasteiger partial charge in [-0.25, -0.2) is 4.57 Å². The number of hydrogen-bond acceptors (Lipinski definition) is 5. The zero-order valence-electron chi connectivity index (χ0n) is 9.15. The van der Waals surface area contributed by atoms with Crippen molar-refractivity contribution in [3.63, 3.8) is 0 Å². The number of azo groups is 1. The summed E-state index contributed by atoms with van der Waals surface area (Å²) in [6.45, 7) is 0.616. The summed E-state index contributed by atoms with van der Waals surface area (Å²) < 4.78 is 1.85. The molecule has 2 rings (SSSR count). The Morgan fingerprint density at radius 1 is 1.24 bits per heavy atom. The van der Waals surface area contributed by atoms with Crippen molar-refractivity contribution in [2.24, 2.45) is 10.2 Å². The van der Waals surface area contributed by atoms with Crippen molar-refractivity contribution in [1.29, 1.82) is 0 Å². The number of benzene rings is 1. The van der Waals surface area contributed by atoms with Gasteiger partial charge in [0, 0.05) is 11.1 Å². The average molecular weight is 249 g/mol. The second kappa shape index (κ2) is 5.51. The van der Waals surface area contributed by atoms with Gasteiger partial charge in [-0.05, 0) is 40.7 Å². The van der Waals surface area contributed by atoms with Crippen LogP contribution in [0.15, 0.2) is 46.1 Å². The van der Waals surface area contributed by atoms with Gasteiger partial charge in [0.2, 0.25) is 0 Å². The van der Waals surface area contributed by atoms with E-state index in [1.54, 1.807) is 12.1 Å². The van der Waals surface area contributed by atoms with Crippen molar-refractivity contribution in [3.8, 4) is 0 Å². The van der Waals surface area contributed by atoms with Gasteiger partial charge in [-0.2, -0.15) is 0 Å². The van der Waals surface area contributed by atoms with Crippen LogP contribution in [0.2, 0.25) is 0 Å². The Morgan fingerprint density at radius 3 is 2.71 bits per heavy atom. The summed E-state index contributed by atoms with van der Waals surface area (Å²) in [7, 11) is 0. The van der Waals surface area contributed by atoms with E-state index in [9.17, 15) is 0 Å². The first-order valence-electron chi connectivity index (χ1n) is 5.14. The molecule has 1 aromatic carbocycles. The van der Waals surface area contributed by atoms with Crippen LogP contribution in [0.4, 0.5) is 16.5 Å². The monoisotopic (exact) mass is 249 g/mol. The first-order chi connectivity index (χ1) is 8.29. The van der Waals surface area contributed by atoms with Crippen LogP contribution in [0.25, 0.3) is 0 Å². The Bertz CT molecular complexity index is 506. The standard InChI is InChI=1S/C11H12N4OS/c12-9-1-3-10(4-2-9)13-14-11-15(5-7-16)6-8-17-11/h1-4,6,8,12,16H,5,7H2/p+1. The van der Waals surface area contributed by atoms with Crippen molar-refractivity contribution in [2.45, 2.75) is 6.54 Å². The third-order valence-electron chi connectivity index (χ3n) is 2.14. The summed E-state index contributed by atoms with van der Waals surface area (Å²) >= 11 is 1.48.